The van der Waals surface area contributed by atoms with E-state index in [9.17, 15) is 5.11 Å². The van der Waals surface area contributed by atoms with Crippen molar-refractivity contribution in [2.75, 3.05) is 6.54 Å². The fourth-order valence-electron chi connectivity index (χ4n) is 1.24. The van der Waals surface area contributed by atoms with Gasteiger partial charge >= 0.3 is 0 Å². The summed E-state index contributed by atoms with van der Waals surface area (Å²) in [5, 5.41) is 21.8. The molecule has 94 valence electrons. The summed E-state index contributed by atoms with van der Waals surface area (Å²) < 4.78 is 0. The number of β-amino-alcohol motifs (C(OH)–C–C–N with tert-alkyl or cyclic N) is 1. The molecule has 5 heteroatoms. The van der Waals surface area contributed by atoms with E-state index >= 15 is 0 Å². The summed E-state index contributed by atoms with van der Waals surface area (Å²) in [4.78, 5) is 3.86. The second kappa shape index (κ2) is 6.60. The Morgan fingerprint density at radius 2 is 2.18 bits per heavy atom. The maximum Gasteiger partial charge on any atom is 0.140 e. The number of hydrogen-bond donors (Lipinski definition) is 2. The Bertz CT molecular complexity index is 395. The minimum atomic E-state index is -0.616. The molecule has 1 aromatic heterocycles. The van der Waals surface area contributed by atoms with E-state index in [0.29, 0.717) is 17.8 Å². The number of pyridine rings is 1. The summed E-state index contributed by atoms with van der Waals surface area (Å²) in [5.41, 5.74) is 1.00. The first kappa shape index (κ1) is 15.9. The smallest absolute Gasteiger partial charge is 0.140 e. The number of aromatic nitrogens is 1. The Morgan fingerprint density at radius 1 is 1.53 bits per heavy atom. The van der Waals surface area contributed by atoms with Crippen LogP contribution in [0.15, 0.2) is 18.3 Å². The van der Waals surface area contributed by atoms with Crippen molar-refractivity contribution in [3.63, 3.8) is 0 Å². The molecule has 0 saturated carbocycles. The van der Waals surface area contributed by atoms with Gasteiger partial charge in [0.2, 0.25) is 0 Å². The fraction of sp³-hybridized carbons (Fsp3) is 0.500. The number of hydrogen-bond acceptors (Lipinski definition) is 4. The highest BCUT2D eigenvalue weighted by Gasteiger charge is 2.13. The highest BCUT2D eigenvalue weighted by molar-refractivity contribution is 7.59. The Kier molecular flexibility index (Phi) is 6.18. The van der Waals surface area contributed by atoms with Crippen LogP contribution in [0.5, 0.6) is 0 Å². The molecule has 0 bridgehead atoms. The van der Waals surface area contributed by atoms with Crippen LogP contribution in [0.3, 0.4) is 0 Å². The van der Waals surface area contributed by atoms with E-state index < -0.39 is 6.10 Å². The minimum absolute atomic E-state index is 0. The Hall–Kier alpha value is -1.09. The molecule has 0 aliphatic heterocycles. The number of nitrogens with zero attached hydrogens (tertiary/aromatic N) is 2. The van der Waals surface area contributed by atoms with Crippen LogP contribution in [0.25, 0.3) is 0 Å². The van der Waals surface area contributed by atoms with E-state index in [1.807, 2.05) is 26.8 Å². The van der Waals surface area contributed by atoms with Crippen molar-refractivity contribution in [1.29, 1.82) is 5.26 Å². The third-order valence-electron chi connectivity index (χ3n) is 2.11. The van der Waals surface area contributed by atoms with Gasteiger partial charge in [0.15, 0.2) is 0 Å². The second-order valence-corrected chi connectivity index (χ2v) is 4.73. The molecule has 0 radical (unpaired) electrons. The molecule has 0 aliphatic carbocycles. The Morgan fingerprint density at radius 3 is 2.71 bits per heavy atom. The van der Waals surface area contributed by atoms with Crippen molar-refractivity contribution in [2.24, 2.45) is 0 Å². The van der Waals surface area contributed by atoms with E-state index in [1.165, 1.54) is 6.20 Å². The largest absolute Gasteiger partial charge is 0.387 e. The van der Waals surface area contributed by atoms with Gasteiger partial charge in [-0.15, -0.1) is 0 Å². The molecule has 0 unspecified atom stereocenters. The molecule has 1 aromatic rings. The summed E-state index contributed by atoms with van der Waals surface area (Å²) in [7, 11) is 0. The molecule has 1 rings (SSSR count). The number of nitrogens with one attached hydrogen (secondary N) is 1. The van der Waals surface area contributed by atoms with E-state index in [4.69, 9.17) is 5.26 Å². The van der Waals surface area contributed by atoms with Gasteiger partial charge in [0.1, 0.15) is 11.8 Å². The molecule has 17 heavy (non-hydrogen) atoms. The number of rotatable bonds is 3. The monoisotopic (exact) mass is 253 g/mol. The number of aliphatic hydroxyl groups is 1. The topological polar surface area (TPSA) is 68.9 Å². The second-order valence-electron chi connectivity index (χ2n) is 4.73. The van der Waals surface area contributed by atoms with Crippen molar-refractivity contribution < 1.29 is 5.11 Å². The molecule has 2 N–H and O–H groups in total. The number of aliphatic hydroxyl groups excluding tert-OH is 1. The highest BCUT2D eigenvalue weighted by atomic mass is 32.1. The van der Waals surface area contributed by atoms with Crippen molar-refractivity contribution in [1.82, 2.24) is 10.3 Å². The van der Waals surface area contributed by atoms with Crippen LogP contribution in [-0.2, 0) is 0 Å². The van der Waals surface area contributed by atoms with Gasteiger partial charge in [0.25, 0.3) is 0 Å². The van der Waals surface area contributed by atoms with Crippen LogP contribution < -0.4 is 5.32 Å². The number of nitriles is 1. The zero-order chi connectivity index (χ0) is 12.2. The zero-order valence-corrected chi connectivity index (χ0v) is 11.4. The lowest BCUT2D eigenvalue weighted by molar-refractivity contribution is 0.163. The SMILES string of the molecule is CC(C)(C)NC[C@@H](O)c1ccnc(C#N)c1.S. The summed E-state index contributed by atoms with van der Waals surface area (Å²) in [6, 6.07) is 5.28. The van der Waals surface area contributed by atoms with Crippen LogP contribution in [0.1, 0.15) is 38.1 Å². The lowest BCUT2D eigenvalue weighted by Crippen LogP contribution is -2.38. The van der Waals surface area contributed by atoms with E-state index in [-0.39, 0.29) is 19.0 Å². The predicted molar refractivity (Wildman–Crippen MR) is 72.0 cm³/mol. The molecule has 0 aliphatic rings. The molecule has 4 nitrogen and oxygen atoms in total. The van der Waals surface area contributed by atoms with E-state index in [2.05, 4.69) is 10.3 Å². The van der Waals surface area contributed by atoms with E-state index in [0.717, 1.165) is 0 Å². The van der Waals surface area contributed by atoms with Crippen LogP contribution in [0, 0.1) is 11.3 Å². The third kappa shape index (κ3) is 5.68. The maximum atomic E-state index is 9.90. The molecule has 0 amide bonds. The summed E-state index contributed by atoms with van der Waals surface area (Å²) in [6.07, 6.45) is 0.920. The van der Waals surface area contributed by atoms with Gasteiger partial charge in [-0.2, -0.15) is 18.8 Å². The van der Waals surface area contributed by atoms with Gasteiger partial charge in [-0.05, 0) is 38.5 Å². The van der Waals surface area contributed by atoms with Crippen molar-refractivity contribution in [3.8, 4) is 6.07 Å². The molecule has 1 atom stereocenters. The molecular weight excluding hydrogens is 234 g/mol. The van der Waals surface area contributed by atoms with Crippen LogP contribution in [0.4, 0.5) is 0 Å². The lowest BCUT2D eigenvalue weighted by atomic mass is 10.1. The van der Waals surface area contributed by atoms with Gasteiger partial charge in [-0.1, -0.05) is 0 Å². The Balaban J connectivity index is 0.00000256. The molecule has 0 saturated heterocycles. The van der Waals surface area contributed by atoms with Crippen molar-refractivity contribution in [2.45, 2.75) is 32.4 Å². The zero-order valence-electron chi connectivity index (χ0n) is 10.4. The van der Waals surface area contributed by atoms with Gasteiger partial charge in [0.05, 0.1) is 6.10 Å². The quantitative estimate of drug-likeness (QED) is 0.856. The average molecular weight is 253 g/mol. The summed E-state index contributed by atoms with van der Waals surface area (Å²) in [6.45, 7) is 6.56. The highest BCUT2D eigenvalue weighted by Crippen LogP contribution is 2.13. The summed E-state index contributed by atoms with van der Waals surface area (Å²) >= 11 is 0. The molecule has 0 aromatic carbocycles. The van der Waals surface area contributed by atoms with Crippen molar-refractivity contribution in [3.05, 3.63) is 29.6 Å². The van der Waals surface area contributed by atoms with Gasteiger partial charge in [0, 0.05) is 18.3 Å². The first-order chi connectivity index (χ1) is 7.42. The van der Waals surface area contributed by atoms with Gasteiger partial charge in [-0.25, -0.2) is 4.98 Å². The fourth-order valence-corrected chi connectivity index (χ4v) is 1.24. The molecule has 1 heterocycles. The first-order valence-electron chi connectivity index (χ1n) is 5.21. The maximum absolute atomic E-state index is 9.90. The van der Waals surface area contributed by atoms with Crippen LogP contribution >= 0.6 is 13.5 Å². The molecule has 0 fully saturated rings. The standard InChI is InChI=1S/C12H17N3O.H2S/c1-12(2,3)15-8-11(16)9-4-5-14-10(6-9)7-13;/h4-6,11,15-16H,8H2,1-3H3;1H2/t11-;/m1./s1. The normalized spacial score (nSPS) is 12.4. The van der Waals surface area contributed by atoms with E-state index in [1.54, 1.807) is 12.1 Å². The average Bonchev–Trinajstić information content (AvgIpc) is 2.25. The predicted octanol–water partition coefficient (Wildman–Crippen LogP) is 1.49. The van der Waals surface area contributed by atoms with Gasteiger partial charge < -0.3 is 10.4 Å². The van der Waals surface area contributed by atoms with Gasteiger partial charge in [-0.3, -0.25) is 0 Å². The Labute approximate surface area is 109 Å². The van der Waals surface area contributed by atoms with Crippen LogP contribution in [0.2, 0.25) is 0 Å². The third-order valence-corrected chi connectivity index (χ3v) is 2.11. The van der Waals surface area contributed by atoms with Crippen molar-refractivity contribution >= 4 is 13.5 Å². The lowest BCUT2D eigenvalue weighted by Gasteiger charge is -2.23. The minimum Gasteiger partial charge on any atom is -0.387 e. The molecular formula is C12H19N3OS. The van der Waals surface area contributed by atoms with Crippen LogP contribution in [-0.4, -0.2) is 22.2 Å². The molecule has 0 spiro atoms. The summed E-state index contributed by atoms with van der Waals surface area (Å²) in [5.74, 6) is 0. The first-order valence-corrected chi connectivity index (χ1v) is 5.21.